The third-order valence-corrected chi connectivity index (χ3v) is 9.30. The van der Waals surface area contributed by atoms with Gasteiger partial charge in [-0.15, -0.1) is 0 Å². The van der Waals surface area contributed by atoms with Crippen molar-refractivity contribution >= 4 is 33.3 Å². The zero-order chi connectivity index (χ0) is 29.4. The SMILES string of the molecule is Clc1ccc(C2CCc3ccccc3N2c2ccc(OCCN3CCCC3)cc2)cc1.O=S(=O)(O)NC1CCCCC1. The largest absolute Gasteiger partial charge is 0.492 e. The summed E-state index contributed by atoms with van der Waals surface area (Å²) < 4.78 is 37.3. The van der Waals surface area contributed by atoms with Crippen LogP contribution < -0.4 is 14.4 Å². The van der Waals surface area contributed by atoms with E-state index in [4.69, 9.17) is 20.9 Å². The Morgan fingerprint density at radius 1 is 0.857 bits per heavy atom. The van der Waals surface area contributed by atoms with E-state index >= 15 is 0 Å². The fourth-order valence-corrected chi connectivity index (χ4v) is 7.08. The highest BCUT2D eigenvalue weighted by Crippen LogP contribution is 2.44. The first-order valence-corrected chi connectivity index (χ1v) is 17.0. The fourth-order valence-electron chi connectivity index (χ4n) is 6.30. The lowest BCUT2D eigenvalue weighted by Crippen LogP contribution is -2.35. The Morgan fingerprint density at radius 2 is 1.55 bits per heavy atom. The van der Waals surface area contributed by atoms with Crippen LogP contribution in [0.15, 0.2) is 72.8 Å². The van der Waals surface area contributed by atoms with E-state index in [9.17, 15) is 8.42 Å². The molecule has 1 atom stereocenters. The summed E-state index contributed by atoms with van der Waals surface area (Å²) in [5.74, 6) is 0.941. The molecule has 3 aromatic rings. The van der Waals surface area contributed by atoms with Gasteiger partial charge < -0.3 is 9.64 Å². The molecule has 3 aromatic carbocycles. The Bertz CT molecular complexity index is 1370. The van der Waals surface area contributed by atoms with Gasteiger partial charge in [-0.05, 0) is 105 Å². The summed E-state index contributed by atoms with van der Waals surface area (Å²) in [4.78, 5) is 4.95. The van der Waals surface area contributed by atoms with Gasteiger partial charge in [-0.1, -0.05) is 61.2 Å². The zero-order valence-corrected chi connectivity index (χ0v) is 25.7. The molecule has 7 nitrogen and oxygen atoms in total. The standard InChI is InChI=1S/C27H29ClN2O.C6H13NO3S/c28-23-10-7-22(8-11-23)27-16-9-21-5-1-2-6-26(21)30(27)24-12-14-25(15-13-24)31-20-19-29-17-3-4-18-29;8-11(9,10)7-6-4-2-1-3-5-6/h1-2,5-8,10-15,27H,3-4,9,16-20H2;6-7H,1-5H2,(H,8,9,10). The average molecular weight is 612 g/mol. The van der Waals surface area contributed by atoms with Crippen molar-refractivity contribution in [3.63, 3.8) is 0 Å². The second-order valence-corrected chi connectivity index (χ2v) is 13.0. The second-order valence-electron chi connectivity index (χ2n) is 11.4. The van der Waals surface area contributed by atoms with Crippen molar-refractivity contribution in [1.29, 1.82) is 0 Å². The first kappa shape index (κ1) is 30.8. The van der Waals surface area contributed by atoms with Crippen LogP contribution in [-0.4, -0.2) is 50.2 Å². The molecule has 1 unspecified atom stereocenters. The summed E-state index contributed by atoms with van der Waals surface area (Å²) >= 11 is 6.16. The van der Waals surface area contributed by atoms with E-state index in [1.807, 2.05) is 12.1 Å². The second kappa shape index (κ2) is 14.7. The fraction of sp³-hybridized carbons (Fsp3) is 0.455. The molecule has 6 rings (SSSR count). The van der Waals surface area contributed by atoms with Crippen LogP contribution in [-0.2, 0) is 16.7 Å². The third-order valence-electron chi connectivity index (χ3n) is 8.42. The average Bonchev–Trinajstić information content (AvgIpc) is 3.51. The molecular weight excluding hydrogens is 570 g/mol. The topological polar surface area (TPSA) is 82.1 Å². The molecule has 2 fully saturated rings. The van der Waals surface area contributed by atoms with Crippen LogP contribution in [0, 0.1) is 0 Å². The number of anilines is 2. The van der Waals surface area contributed by atoms with E-state index in [0.717, 1.165) is 62.4 Å². The molecule has 1 aliphatic carbocycles. The molecule has 0 spiro atoms. The highest BCUT2D eigenvalue weighted by molar-refractivity contribution is 7.83. The maximum absolute atomic E-state index is 10.3. The number of benzene rings is 3. The molecule has 42 heavy (non-hydrogen) atoms. The Labute approximate surface area is 255 Å². The molecule has 226 valence electrons. The number of hydrogen-bond donors (Lipinski definition) is 2. The molecule has 0 radical (unpaired) electrons. The number of likely N-dealkylation sites (tertiary alicyclic amines) is 1. The van der Waals surface area contributed by atoms with E-state index in [0.29, 0.717) is 0 Å². The van der Waals surface area contributed by atoms with Crippen molar-refractivity contribution in [3.05, 3.63) is 88.9 Å². The van der Waals surface area contributed by atoms with Crippen LogP contribution in [0.3, 0.4) is 0 Å². The molecule has 0 amide bonds. The summed E-state index contributed by atoms with van der Waals surface area (Å²) in [5.41, 5.74) is 5.18. The first-order valence-electron chi connectivity index (χ1n) is 15.2. The lowest BCUT2D eigenvalue weighted by molar-refractivity contribution is 0.238. The van der Waals surface area contributed by atoms with Gasteiger partial charge >= 0.3 is 10.3 Å². The van der Waals surface area contributed by atoms with Gasteiger partial charge in [0.05, 0.1) is 6.04 Å². The molecule has 9 heteroatoms. The smallest absolute Gasteiger partial charge is 0.333 e. The number of hydrogen-bond acceptors (Lipinski definition) is 5. The highest BCUT2D eigenvalue weighted by atomic mass is 35.5. The van der Waals surface area contributed by atoms with Gasteiger partial charge in [0, 0.05) is 29.0 Å². The molecule has 1 saturated heterocycles. The van der Waals surface area contributed by atoms with Crippen molar-refractivity contribution < 1.29 is 17.7 Å². The first-order chi connectivity index (χ1) is 20.4. The normalized spacial score (nSPS) is 19.6. The minimum absolute atomic E-state index is 0.0428. The van der Waals surface area contributed by atoms with Gasteiger partial charge in [-0.3, -0.25) is 9.45 Å². The van der Waals surface area contributed by atoms with Crippen LogP contribution in [0.25, 0.3) is 0 Å². The molecule has 2 heterocycles. The van der Waals surface area contributed by atoms with Gasteiger partial charge in [0.25, 0.3) is 0 Å². The maximum Gasteiger partial charge on any atom is 0.333 e. The number of fused-ring (bicyclic) bond motifs is 1. The summed E-state index contributed by atoms with van der Waals surface area (Å²) in [6.45, 7) is 4.19. The Hall–Kier alpha value is -2.62. The summed E-state index contributed by atoms with van der Waals surface area (Å²) in [7, 11) is -3.97. The lowest BCUT2D eigenvalue weighted by Gasteiger charge is -2.39. The Morgan fingerprint density at radius 3 is 2.24 bits per heavy atom. The van der Waals surface area contributed by atoms with Crippen LogP contribution >= 0.6 is 11.6 Å². The van der Waals surface area contributed by atoms with Crippen LogP contribution in [0.2, 0.25) is 5.02 Å². The van der Waals surface area contributed by atoms with E-state index in [2.05, 4.69) is 75.2 Å². The Balaban J connectivity index is 0.000000271. The molecule has 3 aliphatic rings. The number of para-hydroxylation sites is 1. The lowest BCUT2D eigenvalue weighted by atomic mass is 9.90. The van der Waals surface area contributed by atoms with Crippen LogP contribution in [0.1, 0.15) is 68.5 Å². The van der Waals surface area contributed by atoms with E-state index in [-0.39, 0.29) is 12.1 Å². The molecular formula is C33H42ClN3O4S. The molecule has 1 saturated carbocycles. The van der Waals surface area contributed by atoms with Crippen molar-refractivity contribution in [3.8, 4) is 5.75 Å². The summed E-state index contributed by atoms with van der Waals surface area (Å²) in [5, 5.41) is 0.780. The predicted octanol–water partition coefficient (Wildman–Crippen LogP) is 7.35. The van der Waals surface area contributed by atoms with Gasteiger partial charge in [0.1, 0.15) is 12.4 Å². The van der Waals surface area contributed by atoms with Crippen molar-refractivity contribution in [1.82, 2.24) is 9.62 Å². The molecule has 0 bridgehead atoms. The number of ether oxygens (including phenoxy) is 1. The number of aryl methyl sites for hydroxylation is 1. The van der Waals surface area contributed by atoms with Crippen LogP contribution in [0.5, 0.6) is 5.75 Å². The maximum atomic E-state index is 10.3. The van der Waals surface area contributed by atoms with Crippen LogP contribution in [0.4, 0.5) is 11.4 Å². The molecule has 0 aromatic heterocycles. The van der Waals surface area contributed by atoms with E-state index < -0.39 is 10.3 Å². The van der Waals surface area contributed by atoms with E-state index in [1.54, 1.807) is 0 Å². The minimum Gasteiger partial charge on any atom is -0.492 e. The van der Waals surface area contributed by atoms with Gasteiger partial charge in [0.15, 0.2) is 0 Å². The number of rotatable bonds is 8. The summed E-state index contributed by atoms with van der Waals surface area (Å²) in [6.07, 6.45) is 9.76. The van der Waals surface area contributed by atoms with Gasteiger partial charge in [0.2, 0.25) is 0 Å². The molecule has 2 aliphatic heterocycles. The number of nitrogens with one attached hydrogen (secondary N) is 1. The van der Waals surface area contributed by atoms with Crippen molar-refractivity contribution in [2.75, 3.05) is 31.1 Å². The number of halogens is 1. The quantitative estimate of drug-likeness (QED) is 0.259. The Kier molecular flexibility index (Phi) is 10.8. The minimum atomic E-state index is -3.97. The summed E-state index contributed by atoms with van der Waals surface area (Å²) in [6, 6.07) is 25.9. The van der Waals surface area contributed by atoms with Crippen molar-refractivity contribution in [2.45, 2.75) is 69.9 Å². The third kappa shape index (κ3) is 8.71. The predicted molar refractivity (Wildman–Crippen MR) is 170 cm³/mol. The van der Waals surface area contributed by atoms with Crippen molar-refractivity contribution in [2.24, 2.45) is 0 Å². The zero-order valence-electron chi connectivity index (χ0n) is 24.1. The van der Waals surface area contributed by atoms with Gasteiger partial charge in [-0.2, -0.15) is 13.1 Å². The highest BCUT2D eigenvalue weighted by Gasteiger charge is 2.28. The van der Waals surface area contributed by atoms with E-state index in [1.165, 1.54) is 54.9 Å². The monoisotopic (exact) mass is 611 g/mol. The number of nitrogens with zero attached hydrogens (tertiary/aromatic N) is 2. The van der Waals surface area contributed by atoms with Gasteiger partial charge in [-0.25, -0.2) is 0 Å². The molecule has 2 N–H and O–H groups in total.